The van der Waals surface area contributed by atoms with Gasteiger partial charge in [-0.3, -0.25) is 14.8 Å². The molecule has 1 aromatic heterocycles. The predicted octanol–water partition coefficient (Wildman–Crippen LogP) is 3.91. The van der Waals surface area contributed by atoms with E-state index in [1.165, 1.54) is 0 Å². The number of rotatable bonds is 6. The molecule has 0 fully saturated rings. The topological polar surface area (TPSA) is 54.4 Å². The largest absolute Gasteiger partial charge is 0.370 e. The lowest BCUT2D eigenvalue weighted by atomic mass is 9.94. The Labute approximate surface area is 153 Å². The first-order valence-electron chi connectivity index (χ1n) is 8.60. The van der Waals surface area contributed by atoms with Crippen LogP contribution in [0.2, 0.25) is 5.02 Å². The Morgan fingerprint density at radius 2 is 2.20 bits per heavy atom. The monoisotopic (exact) mass is 355 g/mol. The number of ketones is 1. The number of Topliss-reactive ketones (excluding diaryl/α,β-unsaturated/α-hetero) is 1. The normalized spacial score (nSPS) is 14.0. The molecule has 2 heterocycles. The van der Waals surface area contributed by atoms with Gasteiger partial charge in [-0.05, 0) is 42.2 Å². The minimum atomic E-state index is 0.143. The number of carbonyl (C=O) groups is 1. The average molecular weight is 356 g/mol. The Morgan fingerprint density at radius 1 is 1.36 bits per heavy atom. The van der Waals surface area contributed by atoms with E-state index in [2.05, 4.69) is 22.2 Å². The molecule has 0 saturated carbocycles. The minimum absolute atomic E-state index is 0.143. The smallest absolute Gasteiger partial charge is 0.139 e. The number of fused-ring (bicyclic) bond motifs is 1. The first-order chi connectivity index (χ1) is 12.1. The molecule has 0 saturated heterocycles. The highest BCUT2D eigenvalue weighted by Crippen LogP contribution is 2.23. The van der Waals surface area contributed by atoms with E-state index in [9.17, 15) is 4.79 Å². The zero-order chi connectivity index (χ0) is 17.8. The van der Waals surface area contributed by atoms with Gasteiger partial charge >= 0.3 is 0 Å². The maximum atomic E-state index is 12.4. The third-order valence-corrected chi connectivity index (χ3v) is 4.62. The summed E-state index contributed by atoms with van der Waals surface area (Å²) in [6.07, 6.45) is 2.67. The summed E-state index contributed by atoms with van der Waals surface area (Å²) in [6.45, 7) is 5.58. The summed E-state index contributed by atoms with van der Waals surface area (Å²) in [5, 5.41) is 3.94. The Morgan fingerprint density at radius 3 is 2.96 bits per heavy atom. The van der Waals surface area contributed by atoms with Crippen LogP contribution in [-0.2, 0) is 17.8 Å². The second-order valence-corrected chi connectivity index (χ2v) is 6.84. The van der Waals surface area contributed by atoms with Crippen LogP contribution in [-0.4, -0.2) is 23.1 Å². The first kappa shape index (κ1) is 17.6. The second-order valence-electron chi connectivity index (χ2n) is 6.40. The summed E-state index contributed by atoms with van der Waals surface area (Å²) < 4.78 is 0. The van der Waals surface area contributed by atoms with E-state index < -0.39 is 0 Å². The van der Waals surface area contributed by atoms with Gasteiger partial charge in [-0.2, -0.15) is 0 Å². The van der Waals surface area contributed by atoms with Crippen LogP contribution < -0.4 is 5.32 Å². The predicted molar refractivity (Wildman–Crippen MR) is 101 cm³/mol. The van der Waals surface area contributed by atoms with Crippen LogP contribution in [0.5, 0.6) is 0 Å². The second kappa shape index (κ2) is 7.79. The number of benzene rings is 1. The molecule has 1 aliphatic rings. The molecule has 2 aromatic rings. The maximum absolute atomic E-state index is 12.4. The summed E-state index contributed by atoms with van der Waals surface area (Å²) in [7, 11) is 0. The molecule has 0 aliphatic carbocycles. The number of nitrogens with one attached hydrogen (secondary N) is 1. The molecule has 1 N–H and O–H groups in total. The van der Waals surface area contributed by atoms with E-state index in [4.69, 9.17) is 11.6 Å². The molecule has 0 spiro atoms. The number of hydrogen-bond donors (Lipinski definition) is 1. The van der Waals surface area contributed by atoms with Gasteiger partial charge in [0.2, 0.25) is 0 Å². The van der Waals surface area contributed by atoms with Crippen molar-refractivity contribution in [1.29, 1.82) is 0 Å². The quantitative estimate of drug-likeness (QED) is 0.854. The summed E-state index contributed by atoms with van der Waals surface area (Å²) in [5.74, 6) is 1.23. The SMILES string of the molecule is CCNC1=NCc2cc(CC(=O)C[C@H](C)c3cccc(Cl)c3)ncc21. The molecule has 1 aliphatic heterocycles. The van der Waals surface area contributed by atoms with E-state index in [0.29, 0.717) is 24.4 Å². The van der Waals surface area contributed by atoms with Crippen LogP contribution in [0.1, 0.15) is 48.6 Å². The van der Waals surface area contributed by atoms with Gasteiger partial charge in [-0.1, -0.05) is 30.7 Å². The molecule has 3 rings (SSSR count). The molecule has 4 nitrogen and oxygen atoms in total. The number of aliphatic imine (C=N–C) groups is 1. The van der Waals surface area contributed by atoms with Crippen LogP contribution >= 0.6 is 11.6 Å². The van der Waals surface area contributed by atoms with Crippen molar-refractivity contribution in [2.45, 2.75) is 39.2 Å². The Hall–Kier alpha value is -2.20. The fraction of sp³-hybridized carbons (Fsp3) is 0.350. The molecule has 1 aromatic carbocycles. The molecule has 130 valence electrons. The highest BCUT2D eigenvalue weighted by Gasteiger charge is 2.18. The zero-order valence-electron chi connectivity index (χ0n) is 14.6. The number of pyridine rings is 1. The molecule has 0 bridgehead atoms. The Kier molecular flexibility index (Phi) is 5.49. The van der Waals surface area contributed by atoms with Crippen LogP contribution in [0, 0.1) is 0 Å². The van der Waals surface area contributed by atoms with Crippen molar-refractivity contribution in [2.75, 3.05) is 6.54 Å². The summed E-state index contributed by atoms with van der Waals surface area (Å²) in [6, 6.07) is 9.70. The summed E-state index contributed by atoms with van der Waals surface area (Å²) >= 11 is 6.03. The number of nitrogens with zero attached hydrogens (tertiary/aromatic N) is 2. The standard InChI is InChI=1S/C20H22ClN3O/c1-3-22-20-19-12-23-17(9-15(19)11-24-20)10-18(25)7-13(2)14-5-4-6-16(21)8-14/h4-6,8-9,12-13H,3,7,10-11H2,1-2H3,(H,22,24)/t13-/m0/s1. The molecule has 0 unspecified atom stereocenters. The van der Waals surface area contributed by atoms with Crippen LogP contribution in [0.25, 0.3) is 0 Å². The van der Waals surface area contributed by atoms with Crippen molar-refractivity contribution < 1.29 is 4.79 Å². The van der Waals surface area contributed by atoms with Gasteiger partial charge in [0.15, 0.2) is 0 Å². The third kappa shape index (κ3) is 4.26. The van der Waals surface area contributed by atoms with Crippen molar-refractivity contribution in [2.24, 2.45) is 4.99 Å². The van der Waals surface area contributed by atoms with E-state index in [1.807, 2.05) is 43.5 Å². The van der Waals surface area contributed by atoms with E-state index in [1.54, 1.807) is 0 Å². The molecular weight excluding hydrogens is 334 g/mol. The van der Waals surface area contributed by atoms with E-state index in [0.717, 1.165) is 34.8 Å². The molecule has 0 radical (unpaired) electrons. The lowest BCUT2D eigenvalue weighted by molar-refractivity contribution is -0.118. The fourth-order valence-electron chi connectivity index (χ4n) is 3.10. The van der Waals surface area contributed by atoms with E-state index in [-0.39, 0.29) is 11.7 Å². The van der Waals surface area contributed by atoms with Crippen molar-refractivity contribution in [1.82, 2.24) is 10.3 Å². The lowest BCUT2D eigenvalue weighted by Gasteiger charge is -2.12. The van der Waals surface area contributed by atoms with Crippen molar-refractivity contribution in [3.63, 3.8) is 0 Å². The molecular formula is C20H22ClN3O. The van der Waals surface area contributed by atoms with Crippen molar-refractivity contribution in [3.05, 3.63) is 63.9 Å². The highest BCUT2D eigenvalue weighted by molar-refractivity contribution is 6.30. The summed E-state index contributed by atoms with van der Waals surface area (Å²) in [5.41, 5.74) is 4.09. The van der Waals surface area contributed by atoms with Gasteiger partial charge in [0.25, 0.3) is 0 Å². The third-order valence-electron chi connectivity index (χ3n) is 4.38. The van der Waals surface area contributed by atoms with Crippen LogP contribution in [0.15, 0.2) is 41.5 Å². The van der Waals surface area contributed by atoms with Gasteiger partial charge in [0, 0.05) is 41.9 Å². The van der Waals surface area contributed by atoms with Crippen molar-refractivity contribution in [3.8, 4) is 0 Å². The maximum Gasteiger partial charge on any atom is 0.139 e. The Balaban J connectivity index is 1.62. The number of carbonyl (C=O) groups excluding carboxylic acids is 1. The fourth-order valence-corrected chi connectivity index (χ4v) is 3.30. The van der Waals surface area contributed by atoms with Gasteiger partial charge < -0.3 is 5.32 Å². The zero-order valence-corrected chi connectivity index (χ0v) is 15.3. The highest BCUT2D eigenvalue weighted by atomic mass is 35.5. The molecule has 1 atom stereocenters. The number of amidine groups is 1. The van der Waals surface area contributed by atoms with E-state index >= 15 is 0 Å². The number of hydrogen-bond acceptors (Lipinski definition) is 4. The first-order valence-corrected chi connectivity index (χ1v) is 8.98. The molecule has 25 heavy (non-hydrogen) atoms. The van der Waals surface area contributed by atoms with Crippen molar-refractivity contribution >= 4 is 23.2 Å². The molecule has 0 amide bonds. The van der Waals surface area contributed by atoms with Crippen LogP contribution in [0.4, 0.5) is 0 Å². The van der Waals surface area contributed by atoms with Gasteiger partial charge in [-0.15, -0.1) is 0 Å². The Bertz CT molecular complexity index is 816. The van der Waals surface area contributed by atoms with Gasteiger partial charge in [0.1, 0.15) is 11.6 Å². The number of halogens is 1. The minimum Gasteiger partial charge on any atom is -0.370 e. The molecule has 5 heteroatoms. The van der Waals surface area contributed by atoms with Gasteiger partial charge in [-0.25, -0.2) is 0 Å². The average Bonchev–Trinajstić information content (AvgIpc) is 2.97. The van der Waals surface area contributed by atoms with Gasteiger partial charge in [0.05, 0.1) is 6.54 Å². The lowest BCUT2D eigenvalue weighted by Crippen LogP contribution is -2.22. The van der Waals surface area contributed by atoms with Crippen LogP contribution in [0.3, 0.4) is 0 Å². The summed E-state index contributed by atoms with van der Waals surface area (Å²) in [4.78, 5) is 21.4. The number of aromatic nitrogens is 1.